The molecule has 1 aliphatic rings. The molecule has 1 saturated heterocycles. The summed E-state index contributed by atoms with van der Waals surface area (Å²) in [6.07, 6.45) is 2.34. The maximum absolute atomic E-state index is 14.6. The lowest BCUT2D eigenvalue weighted by molar-refractivity contribution is 0.0205. The van der Waals surface area contributed by atoms with Crippen molar-refractivity contribution in [3.63, 3.8) is 0 Å². The first-order chi connectivity index (χ1) is 15.4. The fourth-order valence-electron chi connectivity index (χ4n) is 3.94. The Hall–Kier alpha value is -2.94. The van der Waals surface area contributed by atoms with E-state index in [0.29, 0.717) is 24.2 Å². The molecular formula is C24H27FN2O5S. The smallest absolute Gasteiger partial charge is 0.410 e. The van der Waals surface area contributed by atoms with E-state index in [-0.39, 0.29) is 28.4 Å². The fourth-order valence-corrected chi connectivity index (χ4v) is 4.57. The number of aromatic nitrogens is 1. The minimum Gasteiger partial charge on any atom is -0.444 e. The van der Waals surface area contributed by atoms with Gasteiger partial charge in [-0.3, -0.25) is 0 Å². The first kappa shape index (κ1) is 23.2. The molecule has 33 heavy (non-hydrogen) atoms. The number of amides is 1. The van der Waals surface area contributed by atoms with Crippen LogP contribution in [0.2, 0.25) is 0 Å². The molecule has 0 radical (unpaired) electrons. The molecule has 0 spiro atoms. The van der Waals surface area contributed by atoms with Gasteiger partial charge >= 0.3 is 6.09 Å². The highest BCUT2D eigenvalue weighted by atomic mass is 32.2. The van der Waals surface area contributed by atoms with E-state index in [0.717, 1.165) is 30.7 Å². The zero-order valence-corrected chi connectivity index (χ0v) is 19.9. The molecule has 0 atom stereocenters. The number of nitrogens with zero attached hydrogens (tertiary/aromatic N) is 2. The second kappa shape index (κ2) is 8.44. The van der Waals surface area contributed by atoms with Crippen molar-refractivity contribution in [2.45, 2.75) is 50.0 Å². The van der Waals surface area contributed by atoms with E-state index < -0.39 is 21.3 Å². The number of ether oxygens (including phenoxy) is 1. The topological polar surface area (TPSA) is 89.7 Å². The quantitative estimate of drug-likeness (QED) is 0.521. The van der Waals surface area contributed by atoms with Crippen LogP contribution in [0.1, 0.15) is 45.1 Å². The predicted octanol–water partition coefficient (Wildman–Crippen LogP) is 5.15. The Morgan fingerprint density at radius 1 is 1.15 bits per heavy atom. The summed E-state index contributed by atoms with van der Waals surface area (Å²) in [7, 11) is -3.51. The molecular weight excluding hydrogens is 447 g/mol. The molecule has 0 unspecified atom stereocenters. The number of sulfone groups is 1. The molecule has 2 heterocycles. The van der Waals surface area contributed by atoms with Crippen LogP contribution < -0.4 is 0 Å². The van der Waals surface area contributed by atoms with Crippen LogP contribution in [0.25, 0.3) is 22.6 Å². The SMILES string of the molecule is CC(C)(C)OC(=O)N1CCC(c2ccc3oc(-c4ccc(S(C)(=O)=O)cc4F)nc3c2)CC1. The number of carbonyl (C=O) groups excluding carboxylic acids is 1. The highest BCUT2D eigenvalue weighted by Gasteiger charge is 2.28. The van der Waals surface area contributed by atoms with Gasteiger partial charge < -0.3 is 14.1 Å². The van der Waals surface area contributed by atoms with E-state index in [2.05, 4.69) is 4.98 Å². The van der Waals surface area contributed by atoms with Crippen LogP contribution in [0, 0.1) is 5.82 Å². The van der Waals surface area contributed by atoms with Crippen LogP contribution in [-0.4, -0.2) is 49.3 Å². The number of hydrogen-bond donors (Lipinski definition) is 0. The highest BCUT2D eigenvalue weighted by molar-refractivity contribution is 7.90. The normalized spacial score (nSPS) is 15.7. The van der Waals surface area contributed by atoms with E-state index in [1.807, 2.05) is 39.0 Å². The second-order valence-corrected chi connectivity index (χ2v) is 11.4. The number of carbonyl (C=O) groups is 1. The molecule has 0 bridgehead atoms. The van der Waals surface area contributed by atoms with Gasteiger partial charge in [0.2, 0.25) is 5.89 Å². The summed E-state index contributed by atoms with van der Waals surface area (Å²) in [4.78, 5) is 18.4. The summed E-state index contributed by atoms with van der Waals surface area (Å²) >= 11 is 0. The molecule has 1 fully saturated rings. The first-order valence-corrected chi connectivity index (χ1v) is 12.7. The number of fused-ring (bicyclic) bond motifs is 1. The van der Waals surface area contributed by atoms with Gasteiger partial charge in [0.15, 0.2) is 15.4 Å². The Labute approximate surface area is 192 Å². The van der Waals surface area contributed by atoms with Gasteiger partial charge in [0, 0.05) is 19.3 Å². The number of benzene rings is 2. The van der Waals surface area contributed by atoms with Crippen molar-refractivity contribution in [1.82, 2.24) is 9.88 Å². The standard InChI is InChI=1S/C24H27FN2O5S/c1-24(2,3)32-23(28)27-11-9-15(10-12-27)16-5-8-21-20(13-16)26-22(31-21)18-7-6-17(14-19(18)25)33(4,29)30/h5-8,13-15H,9-12H2,1-4H3. The van der Waals surface area contributed by atoms with E-state index in [9.17, 15) is 17.6 Å². The zero-order valence-electron chi connectivity index (χ0n) is 19.1. The Morgan fingerprint density at radius 3 is 2.45 bits per heavy atom. The Morgan fingerprint density at radius 2 is 1.85 bits per heavy atom. The van der Waals surface area contributed by atoms with Crippen LogP contribution >= 0.6 is 0 Å². The second-order valence-electron chi connectivity index (χ2n) is 9.40. The summed E-state index contributed by atoms with van der Waals surface area (Å²) in [6.45, 7) is 6.78. The Balaban J connectivity index is 1.51. The summed E-state index contributed by atoms with van der Waals surface area (Å²) in [5, 5.41) is 0. The van der Waals surface area contributed by atoms with Crippen molar-refractivity contribution in [2.75, 3.05) is 19.3 Å². The maximum Gasteiger partial charge on any atom is 0.410 e. The molecule has 0 N–H and O–H groups in total. The van der Waals surface area contributed by atoms with Crippen molar-refractivity contribution in [1.29, 1.82) is 0 Å². The van der Waals surface area contributed by atoms with Gasteiger partial charge in [-0.1, -0.05) is 6.07 Å². The third-order valence-corrected chi connectivity index (χ3v) is 6.74. The molecule has 3 aromatic rings. The summed E-state index contributed by atoms with van der Waals surface area (Å²) < 4.78 is 49.0. The molecule has 4 rings (SSSR count). The maximum atomic E-state index is 14.6. The number of likely N-dealkylation sites (tertiary alicyclic amines) is 1. The van der Waals surface area contributed by atoms with Crippen LogP contribution in [0.15, 0.2) is 45.7 Å². The molecule has 1 amide bonds. The van der Waals surface area contributed by atoms with Gasteiger partial charge in [-0.25, -0.2) is 22.6 Å². The van der Waals surface area contributed by atoms with Gasteiger partial charge in [-0.2, -0.15) is 0 Å². The minimum atomic E-state index is -3.51. The van der Waals surface area contributed by atoms with Gasteiger partial charge in [0.25, 0.3) is 0 Å². The van der Waals surface area contributed by atoms with E-state index in [4.69, 9.17) is 9.15 Å². The van der Waals surface area contributed by atoms with Crippen molar-refractivity contribution in [3.05, 3.63) is 47.8 Å². The van der Waals surface area contributed by atoms with E-state index in [1.54, 1.807) is 4.90 Å². The average Bonchev–Trinajstić information content (AvgIpc) is 3.15. The molecule has 176 valence electrons. The number of oxazole rings is 1. The molecule has 0 aliphatic carbocycles. The Bertz CT molecular complexity index is 1300. The number of hydrogen-bond acceptors (Lipinski definition) is 6. The van der Waals surface area contributed by atoms with Gasteiger partial charge in [-0.05, 0) is 75.4 Å². The molecule has 7 nitrogen and oxygen atoms in total. The van der Waals surface area contributed by atoms with E-state index in [1.165, 1.54) is 12.1 Å². The third-order valence-electron chi connectivity index (χ3n) is 5.63. The number of halogens is 1. The van der Waals surface area contributed by atoms with E-state index >= 15 is 0 Å². The van der Waals surface area contributed by atoms with Gasteiger partial charge in [0.05, 0.1) is 10.5 Å². The number of rotatable bonds is 3. The molecule has 2 aromatic carbocycles. The molecule has 9 heteroatoms. The fraction of sp³-hybridized carbons (Fsp3) is 0.417. The van der Waals surface area contributed by atoms with Crippen LogP contribution in [0.3, 0.4) is 0 Å². The zero-order chi connectivity index (χ0) is 24.0. The average molecular weight is 475 g/mol. The first-order valence-electron chi connectivity index (χ1n) is 10.8. The van der Waals surface area contributed by atoms with Crippen LogP contribution in [0.5, 0.6) is 0 Å². The monoisotopic (exact) mass is 474 g/mol. The van der Waals surface area contributed by atoms with Crippen molar-refractivity contribution < 1.29 is 26.8 Å². The summed E-state index contributed by atoms with van der Waals surface area (Å²) in [5.41, 5.74) is 1.79. The lowest BCUT2D eigenvalue weighted by Crippen LogP contribution is -2.41. The molecule has 1 aromatic heterocycles. The van der Waals surface area contributed by atoms with Crippen molar-refractivity contribution >= 4 is 27.0 Å². The van der Waals surface area contributed by atoms with Crippen molar-refractivity contribution in [3.8, 4) is 11.5 Å². The minimum absolute atomic E-state index is 0.0967. The van der Waals surface area contributed by atoms with Gasteiger partial charge in [0.1, 0.15) is 16.9 Å². The lowest BCUT2D eigenvalue weighted by atomic mass is 9.89. The summed E-state index contributed by atoms with van der Waals surface area (Å²) in [6, 6.07) is 9.39. The van der Waals surface area contributed by atoms with Crippen molar-refractivity contribution in [2.24, 2.45) is 0 Å². The van der Waals surface area contributed by atoms with Gasteiger partial charge in [-0.15, -0.1) is 0 Å². The molecule has 1 aliphatic heterocycles. The number of piperidine rings is 1. The largest absolute Gasteiger partial charge is 0.444 e. The predicted molar refractivity (Wildman–Crippen MR) is 122 cm³/mol. The highest BCUT2D eigenvalue weighted by Crippen LogP contribution is 2.33. The summed E-state index contributed by atoms with van der Waals surface area (Å²) in [5.74, 6) is -0.349. The Kier molecular flexibility index (Phi) is 5.94. The third kappa shape index (κ3) is 5.19. The molecule has 0 saturated carbocycles. The lowest BCUT2D eigenvalue weighted by Gasteiger charge is -2.33. The van der Waals surface area contributed by atoms with Crippen LogP contribution in [0.4, 0.5) is 9.18 Å². The van der Waals surface area contributed by atoms with Crippen LogP contribution in [-0.2, 0) is 14.6 Å².